The zero-order valence-corrected chi connectivity index (χ0v) is 18.3. The van der Waals surface area contributed by atoms with Gasteiger partial charge in [-0.05, 0) is 37.0 Å². The third-order valence-electron chi connectivity index (χ3n) is 5.75. The maximum Gasteiger partial charge on any atom is 0.257 e. The topological polar surface area (TPSA) is 67.2 Å². The molecular formula is C25H28N4O2. The van der Waals surface area contributed by atoms with Gasteiger partial charge in [-0.3, -0.25) is 14.3 Å². The van der Waals surface area contributed by atoms with Crippen LogP contribution in [-0.4, -0.2) is 46.1 Å². The minimum Gasteiger partial charge on any atom is -0.354 e. The highest BCUT2D eigenvalue weighted by atomic mass is 16.2. The van der Waals surface area contributed by atoms with Gasteiger partial charge in [-0.25, -0.2) is 0 Å². The second kappa shape index (κ2) is 8.76. The van der Waals surface area contributed by atoms with Gasteiger partial charge in [0, 0.05) is 32.9 Å². The summed E-state index contributed by atoms with van der Waals surface area (Å²) in [6, 6.07) is 14.7. The van der Waals surface area contributed by atoms with Crippen LogP contribution in [0.1, 0.15) is 27.0 Å². The Morgan fingerprint density at radius 2 is 1.90 bits per heavy atom. The molecule has 1 saturated heterocycles. The first-order chi connectivity index (χ1) is 14.9. The molecule has 6 heteroatoms. The van der Waals surface area contributed by atoms with E-state index in [0.717, 1.165) is 16.7 Å². The molecule has 0 aliphatic carbocycles. The summed E-state index contributed by atoms with van der Waals surface area (Å²) < 4.78 is 1.62. The summed E-state index contributed by atoms with van der Waals surface area (Å²) in [5.41, 5.74) is 6.38. The van der Waals surface area contributed by atoms with Crippen LogP contribution in [0.25, 0.3) is 11.1 Å². The van der Waals surface area contributed by atoms with E-state index in [1.54, 1.807) is 29.0 Å². The summed E-state index contributed by atoms with van der Waals surface area (Å²) in [6.07, 6.45) is 3.87. The average Bonchev–Trinajstić information content (AvgIpc) is 3.09. The SMILES string of the molecule is Cc1cc(C)cc(-c2ccccc2C[C@@H]2CN(C(=O)c3cnn(C)c3)CCNC2=O)c1. The van der Waals surface area contributed by atoms with E-state index in [1.165, 1.54) is 11.1 Å². The third kappa shape index (κ3) is 4.68. The fraction of sp³-hybridized carbons (Fsp3) is 0.320. The van der Waals surface area contributed by atoms with Crippen LogP contribution >= 0.6 is 0 Å². The zero-order valence-electron chi connectivity index (χ0n) is 18.3. The largest absolute Gasteiger partial charge is 0.354 e. The van der Waals surface area contributed by atoms with Crippen LogP contribution in [0.5, 0.6) is 0 Å². The van der Waals surface area contributed by atoms with E-state index >= 15 is 0 Å². The summed E-state index contributed by atoms with van der Waals surface area (Å²) in [5.74, 6) is -0.399. The Kier molecular flexibility index (Phi) is 5.89. The monoisotopic (exact) mass is 416 g/mol. The van der Waals surface area contributed by atoms with Crippen LogP contribution in [0.3, 0.4) is 0 Å². The van der Waals surface area contributed by atoms with Crippen LogP contribution < -0.4 is 5.32 Å². The molecule has 3 aromatic rings. The minimum atomic E-state index is -0.310. The standard InChI is InChI=1S/C25H28N4O2/c1-17-10-18(2)12-20(11-17)23-7-5-4-6-19(23)13-21-16-29(9-8-26-24(21)30)25(31)22-14-27-28(3)15-22/h4-7,10-12,14-15,21H,8-9,13,16H2,1-3H3,(H,26,30)/t21-/m1/s1. The van der Waals surface area contributed by atoms with Gasteiger partial charge in [0.1, 0.15) is 0 Å². The number of amides is 2. The molecule has 1 atom stereocenters. The second-order valence-electron chi connectivity index (χ2n) is 8.38. The molecule has 1 aliphatic heterocycles. The maximum absolute atomic E-state index is 13.0. The number of carbonyl (C=O) groups excluding carboxylic acids is 2. The lowest BCUT2D eigenvalue weighted by molar-refractivity contribution is -0.124. The van der Waals surface area contributed by atoms with Gasteiger partial charge >= 0.3 is 0 Å². The predicted molar refractivity (Wildman–Crippen MR) is 121 cm³/mol. The maximum atomic E-state index is 13.0. The smallest absolute Gasteiger partial charge is 0.257 e. The molecule has 160 valence electrons. The molecule has 31 heavy (non-hydrogen) atoms. The van der Waals surface area contributed by atoms with E-state index in [2.05, 4.69) is 54.6 Å². The summed E-state index contributed by atoms with van der Waals surface area (Å²) in [4.78, 5) is 27.5. The Morgan fingerprint density at radius 3 is 2.61 bits per heavy atom. The number of rotatable bonds is 4. The van der Waals surface area contributed by atoms with Crippen molar-refractivity contribution in [2.24, 2.45) is 13.0 Å². The van der Waals surface area contributed by atoms with Crippen molar-refractivity contribution in [3.05, 3.63) is 77.1 Å². The Balaban J connectivity index is 1.60. The highest BCUT2D eigenvalue weighted by molar-refractivity contribution is 5.94. The first kappa shape index (κ1) is 20.8. The Hall–Kier alpha value is -3.41. The molecule has 2 amide bonds. The molecule has 0 spiro atoms. The van der Waals surface area contributed by atoms with Gasteiger partial charge in [0.2, 0.25) is 5.91 Å². The highest BCUT2D eigenvalue weighted by Gasteiger charge is 2.29. The van der Waals surface area contributed by atoms with Crippen LogP contribution in [0.2, 0.25) is 0 Å². The van der Waals surface area contributed by atoms with Crippen molar-refractivity contribution in [3.63, 3.8) is 0 Å². The molecule has 1 aliphatic rings. The summed E-state index contributed by atoms with van der Waals surface area (Å²) in [5, 5.41) is 7.08. The molecule has 0 bridgehead atoms. The lowest BCUT2D eigenvalue weighted by Gasteiger charge is -2.23. The first-order valence-electron chi connectivity index (χ1n) is 10.6. The molecular weight excluding hydrogens is 388 g/mol. The molecule has 0 unspecified atom stereocenters. The number of benzene rings is 2. The van der Waals surface area contributed by atoms with Crippen LogP contribution in [-0.2, 0) is 18.3 Å². The molecule has 2 heterocycles. The molecule has 1 fully saturated rings. The van der Waals surface area contributed by atoms with Gasteiger partial charge in [0.05, 0.1) is 17.7 Å². The van der Waals surface area contributed by atoms with Gasteiger partial charge in [-0.15, -0.1) is 0 Å². The Labute approximate surface area is 182 Å². The zero-order chi connectivity index (χ0) is 22.0. The lowest BCUT2D eigenvalue weighted by atomic mass is 9.90. The van der Waals surface area contributed by atoms with E-state index in [0.29, 0.717) is 31.6 Å². The Bertz CT molecular complexity index is 1100. The number of hydrogen-bond acceptors (Lipinski definition) is 3. The van der Waals surface area contributed by atoms with Crippen molar-refractivity contribution < 1.29 is 9.59 Å². The molecule has 0 saturated carbocycles. The van der Waals surface area contributed by atoms with Gasteiger partial charge in [-0.2, -0.15) is 5.10 Å². The normalized spacial score (nSPS) is 16.7. The van der Waals surface area contributed by atoms with E-state index in [1.807, 2.05) is 12.1 Å². The number of aryl methyl sites for hydroxylation is 3. The van der Waals surface area contributed by atoms with Crippen LogP contribution in [0.15, 0.2) is 54.9 Å². The summed E-state index contributed by atoms with van der Waals surface area (Å²) in [7, 11) is 1.79. The quantitative estimate of drug-likeness (QED) is 0.711. The third-order valence-corrected chi connectivity index (χ3v) is 5.75. The van der Waals surface area contributed by atoms with Crippen molar-refractivity contribution in [1.29, 1.82) is 0 Å². The average molecular weight is 417 g/mol. The molecule has 0 radical (unpaired) electrons. The molecule has 2 aromatic carbocycles. The molecule has 4 rings (SSSR count). The van der Waals surface area contributed by atoms with Crippen LogP contribution in [0.4, 0.5) is 0 Å². The Morgan fingerprint density at radius 1 is 1.16 bits per heavy atom. The van der Waals surface area contributed by atoms with E-state index < -0.39 is 0 Å². The van der Waals surface area contributed by atoms with Gasteiger partial charge in [-0.1, -0.05) is 53.6 Å². The summed E-state index contributed by atoms with van der Waals surface area (Å²) in [6.45, 7) is 5.54. The second-order valence-corrected chi connectivity index (χ2v) is 8.38. The summed E-state index contributed by atoms with van der Waals surface area (Å²) >= 11 is 0. The molecule has 1 aromatic heterocycles. The predicted octanol–water partition coefficient (Wildman–Crippen LogP) is 3.13. The van der Waals surface area contributed by atoms with Gasteiger partial charge in [0.25, 0.3) is 5.91 Å². The van der Waals surface area contributed by atoms with Gasteiger partial charge in [0.15, 0.2) is 0 Å². The van der Waals surface area contributed by atoms with E-state index in [-0.39, 0.29) is 17.7 Å². The van der Waals surface area contributed by atoms with Crippen LogP contribution in [0, 0.1) is 19.8 Å². The van der Waals surface area contributed by atoms with Crippen molar-refractivity contribution in [2.75, 3.05) is 19.6 Å². The van der Waals surface area contributed by atoms with E-state index in [9.17, 15) is 9.59 Å². The fourth-order valence-electron chi connectivity index (χ4n) is 4.33. The lowest BCUT2D eigenvalue weighted by Crippen LogP contribution is -2.37. The minimum absolute atomic E-state index is 0.00304. The first-order valence-corrected chi connectivity index (χ1v) is 10.6. The number of hydrogen-bond donors (Lipinski definition) is 1. The highest BCUT2D eigenvalue weighted by Crippen LogP contribution is 2.28. The number of nitrogens with one attached hydrogen (secondary N) is 1. The molecule has 1 N–H and O–H groups in total. The molecule has 6 nitrogen and oxygen atoms in total. The van der Waals surface area contributed by atoms with Gasteiger partial charge < -0.3 is 10.2 Å². The fourth-order valence-corrected chi connectivity index (χ4v) is 4.33. The van der Waals surface area contributed by atoms with E-state index in [4.69, 9.17) is 0 Å². The number of nitrogens with zero attached hydrogens (tertiary/aromatic N) is 3. The van der Waals surface area contributed by atoms with Crippen molar-refractivity contribution in [3.8, 4) is 11.1 Å². The van der Waals surface area contributed by atoms with Crippen molar-refractivity contribution >= 4 is 11.8 Å². The van der Waals surface area contributed by atoms with Crippen molar-refractivity contribution in [1.82, 2.24) is 20.0 Å². The van der Waals surface area contributed by atoms with Crippen molar-refractivity contribution in [2.45, 2.75) is 20.3 Å². The number of carbonyl (C=O) groups is 2. The number of aromatic nitrogens is 2.